The van der Waals surface area contributed by atoms with Gasteiger partial charge in [0.1, 0.15) is 11.6 Å². The van der Waals surface area contributed by atoms with Crippen molar-refractivity contribution < 1.29 is 9.13 Å². The number of aromatic amines is 1. The molecule has 200 valence electrons. The Morgan fingerprint density at radius 2 is 1.77 bits per heavy atom. The minimum absolute atomic E-state index is 0.131. The molecule has 0 saturated heterocycles. The van der Waals surface area contributed by atoms with E-state index in [0.717, 1.165) is 33.3 Å². The first-order valence-corrected chi connectivity index (χ1v) is 12.9. The van der Waals surface area contributed by atoms with Gasteiger partial charge in [-0.3, -0.25) is 9.69 Å². The fraction of sp³-hybridized carbons (Fsp3) is 0.267. The summed E-state index contributed by atoms with van der Waals surface area (Å²) in [5.41, 5.74) is 4.33. The summed E-state index contributed by atoms with van der Waals surface area (Å²) in [5, 5.41) is 13.7. The number of benzene rings is 3. The van der Waals surface area contributed by atoms with Crippen LogP contribution in [-0.2, 0) is 19.6 Å². The second kappa shape index (κ2) is 11.6. The van der Waals surface area contributed by atoms with E-state index in [-0.39, 0.29) is 17.4 Å². The number of nitrogens with zero attached hydrogens (tertiary/aromatic N) is 5. The van der Waals surface area contributed by atoms with Crippen molar-refractivity contribution >= 4 is 10.9 Å². The maximum atomic E-state index is 13.7. The van der Waals surface area contributed by atoms with Gasteiger partial charge in [0, 0.05) is 18.7 Å². The van der Waals surface area contributed by atoms with Gasteiger partial charge in [-0.15, -0.1) is 5.10 Å². The summed E-state index contributed by atoms with van der Waals surface area (Å²) < 4.78 is 20.7. The van der Waals surface area contributed by atoms with Gasteiger partial charge < -0.3 is 9.72 Å². The summed E-state index contributed by atoms with van der Waals surface area (Å²) in [6, 6.07) is 21.9. The zero-order chi connectivity index (χ0) is 27.4. The van der Waals surface area contributed by atoms with E-state index in [2.05, 4.69) is 32.3 Å². The Morgan fingerprint density at radius 3 is 2.49 bits per heavy atom. The number of halogens is 1. The normalized spacial score (nSPS) is 12.2. The molecule has 9 heteroatoms. The number of pyridine rings is 1. The Balaban J connectivity index is 1.50. The van der Waals surface area contributed by atoms with Crippen LogP contribution in [0.4, 0.5) is 4.39 Å². The predicted molar refractivity (Wildman–Crippen MR) is 148 cm³/mol. The van der Waals surface area contributed by atoms with Crippen molar-refractivity contribution in [1.82, 2.24) is 30.1 Å². The summed E-state index contributed by atoms with van der Waals surface area (Å²) in [4.78, 5) is 18.4. The highest BCUT2D eigenvalue weighted by Crippen LogP contribution is 2.27. The van der Waals surface area contributed by atoms with Crippen molar-refractivity contribution in [3.05, 3.63) is 117 Å². The minimum Gasteiger partial charge on any atom is -0.497 e. The predicted octanol–water partition coefficient (Wildman–Crippen LogP) is 5.17. The van der Waals surface area contributed by atoms with Gasteiger partial charge in [0.15, 0.2) is 5.82 Å². The number of rotatable bonds is 10. The summed E-state index contributed by atoms with van der Waals surface area (Å²) in [5.74, 6) is 1.19. The van der Waals surface area contributed by atoms with Crippen LogP contribution in [0.3, 0.4) is 0 Å². The van der Waals surface area contributed by atoms with Crippen molar-refractivity contribution in [2.24, 2.45) is 0 Å². The SMILES string of the molecule is CC[C@@H](c1nnnn1Cc1ccc(OC)cc1)N(Cc1ccc(F)cc1)Cc1cc2cccc(C)c2[nH]c1=O. The van der Waals surface area contributed by atoms with Crippen LogP contribution in [0.5, 0.6) is 5.75 Å². The third kappa shape index (κ3) is 5.88. The number of ether oxygens (including phenoxy) is 1. The Labute approximate surface area is 226 Å². The molecule has 1 atom stereocenters. The van der Waals surface area contributed by atoms with Crippen LogP contribution in [-0.4, -0.2) is 37.2 Å². The van der Waals surface area contributed by atoms with Crippen LogP contribution in [0.2, 0.25) is 0 Å². The van der Waals surface area contributed by atoms with Crippen molar-refractivity contribution in [3.8, 4) is 5.75 Å². The number of methoxy groups -OCH3 is 1. The molecule has 0 aliphatic rings. The van der Waals surface area contributed by atoms with Crippen LogP contribution in [0.25, 0.3) is 10.9 Å². The molecule has 0 unspecified atom stereocenters. The third-order valence-corrected chi connectivity index (χ3v) is 7.01. The smallest absolute Gasteiger partial charge is 0.252 e. The minimum atomic E-state index is -0.290. The number of hydrogen-bond acceptors (Lipinski definition) is 6. The highest BCUT2D eigenvalue weighted by molar-refractivity contribution is 5.81. The number of tetrazole rings is 1. The van der Waals surface area contributed by atoms with E-state index in [1.54, 1.807) is 23.9 Å². The molecule has 0 aliphatic carbocycles. The second-order valence-electron chi connectivity index (χ2n) is 9.66. The summed E-state index contributed by atoms with van der Waals surface area (Å²) in [6.45, 7) is 5.39. The molecule has 8 nitrogen and oxygen atoms in total. The van der Waals surface area contributed by atoms with E-state index >= 15 is 0 Å². The maximum Gasteiger partial charge on any atom is 0.252 e. The second-order valence-corrected chi connectivity index (χ2v) is 9.66. The lowest BCUT2D eigenvalue weighted by Crippen LogP contribution is -2.32. The van der Waals surface area contributed by atoms with Gasteiger partial charge in [0.25, 0.3) is 5.56 Å². The molecule has 0 saturated carbocycles. The standard InChI is InChI=1S/C30H31FN6O2/c1-4-27(29-33-34-35-37(29)18-22-10-14-26(39-3)15-11-22)36(17-21-8-12-25(31)13-9-21)19-24-16-23-7-5-6-20(2)28(23)32-30(24)38/h5-16,27H,4,17-19H2,1-3H3,(H,32,38)/t27-/m0/s1. The van der Waals surface area contributed by atoms with Gasteiger partial charge in [0.05, 0.1) is 25.2 Å². The lowest BCUT2D eigenvalue weighted by molar-refractivity contribution is 0.161. The van der Waals surface area contributed by atoms with Gasteiger partial charge >= 0.3 is 0 Å². The van der Waals surface area contributed by atoms with E-state index in [1.165, 1.54) is 12.1 Å². The molecule has 0 spiro atoms. The van der Waals surface area contributed by atoms with Gasteiger partial charge in [-0.05, 0) is 76.2 Å². The molecular formula is C30H31FN6O2. The zero-order valence-electron chi connectivity index (χ0n) is 22.3. The largest absolute Gasteiger partial charge is 0.497 e. The van der Waals surface area contributed by atoms with Gasteiger partial charge in [-0.1, -0.05) is 49.4 Å². The summed E-state index contributed by atoms with van der Waals surface area (Å²) in [7, 11) is 1.64. The quantitative estimate of drug-likeness (QED) is 0.270. The van der Waals surface area contributed by atoms with Crippen molar-refractivity contribution in [3.63, 3.8) is 0 Å². The zero-order valence-corrected chi connectivity index (χ0v) is 22.3. The number of H-pyrrole nitrogens is 1. The van der Waals surface area contributed by atoms with Crippen LogP contribution >= 0.6 is 0 Å². The first kappa shape index (κ1) is 26.2. The summed E-state index contributed by atoms with van der Waals surface area (Å²) in [6.07, 6.45) is 0.703. The summed E-state index contributed by atoms with van der Waals surface area (Å²) >= 11 is 0. The molecule has 39 heavy (non-hydrogen) atoms. The molecule has 2 heterocycles. The lowest BCUT2D eigenvalue weighted by Gasteiger charge is -2.30. The molecule has 5 aromatic rings. The average Bonchev–Trinajstić information content (AvgIpc) is 3.39. The fourth-order valence-corrected chi connectivity index (χ4v) is 4.94. The molecule has 3 aromatic carbocycles. The van der Waals surface area contributed by atoms with E-state index in [1.807, 2.05) is 55.5 Å². The molecule has 2 aromatic heterocycles. The van der Waals surface area contributed by atoms with Crippen LogP contribution in [0.15, 0.2) is 77.6 Å². The van der Waals surface area contributed by atoms with Crippen molar-refractivity contribution in [2.45, 2.75) is 45.9 Å². The van der Waals surface area contributed by atoms with Crippen LogP contribution in [0.1, 0.15) is 47.5 Å². The highest BCUT2D eigenvalue weighted by atomic mass is 19.1. The van der Waals surface area contributed by atoms with Crippen molar-refractivity contribution in [2.75, 3.05) is 7.11 Å². The van der Waals surface area contributed by atoms with Gasteiger partial charge in [-0.2, -0.15) is 0 Å². The van der Waals surface area contributed by atoms with Gasteiger partial charge in [0.2, 0.25) is 0 Å². The lowest BCUT2D eigenvalue weighted by atomic mass is 10.1. The number of aromatic nitrogens is 5. The first-order valence-electron chi connectivity index (χ1n) is 12.9. The third-order valence-electron chi connectivity index (χ3n) is 7.01. The monoisotopic (exact) mass is 526 g/mol. The molecule has 0 fully saturated rings. The van der Waals surface area contributed by atoms with E-state index < -0.39 is 0 Å². The topological polar surface area (TPSA) is 88.9 Å². The maximum absolute atomic E-state index is 13.7. The number of aryl methyl sites for hydroxylation is 1. The van der Waals surface area contributed by atoms with Crippen LogP contribution < -0.4 is 10.3 Å². The number of nitrogens with one attached hydrogen (secondary N) is 1. The Morgan fingerprint density at radius 1 is 1.03 bits per heavy atom. The molecule has 0 aliphatic heterocycles. The van der Waals surface area contributed by atoms with E-state index in [4.69, 9.17) is 4.74 Å². The molecular weight excluding hydrogens is 495 g/mol. The van der Waals surface area contributed by atoms with E-state index in [9.17, 15) is 9.18 Å². The number of hydrogen-bond donors (Lipinski definition) is 1. The number of para-hydroxylation sites is 1. The molecule has 0 radical (unpaired) electrons. The molecule has 0 bridgehead atoms. The van der Waals surface area contributed by atoms with Crippen LogP contribution in [0, 0.1) is 12.7 Å². The van der Waals surface area contributed by atoms with E-state index in [0.29, 0.717) is 37.4 Å². The molecule has 1 N–H and O–H groups in total. The highest BCUT2D eigenvalue weighted by Gasteiger charge is 2.26. The Bertz CT molecular complexity index is 1610. The van der Waals surface area contributed by atoms with Gasteiger partial charge in [-0.25, -0.2) is 9.07 Å². The Kier molecular flexibility index (Phi) is 7.79. The molecule has 0 amide bonds. The Hall–Kier alpha value is -4.37. The average molecular weight is 527 g/mol. The fourth-order valence-electron chi connectivity index (χ4n) is 4.94. The van der Waals surface area contributed by atoms with Crippen molar-refractivity contribution in [1.29, 1.82) is 0 Å². The first-order chi connectivity index (χ1) is 18.9. The molecule has 5 rings (SSSR count). The number of fused-ring (bicyclic) bond motifs is 1.